The number of nitrogens with zero attached hydrogens (tertiary/aromatic N) is 6. The Hall–Kier alpha value is -6.65. The van der Waals surface area contributed by atoms with Gasteiger partial charge in [0.25, 0.3) is 11.8 Å². The molecule has 2 aromatic heterocycles. The number of aromatic nitrogens is 3. The molecule has 6 heterocycles. The molecule has 3 saturated heterocycles. The van der Waals surface area contributed by atoms with Crippen LogP contribution in [0.15, 0.2) is 79.3 Å². The highest BCUT2D eigenvalue weighted by Gasteiger charge is 2.45. The third-order valence-electron chi connectivity index (χ3n) is 12.5. The molecule has 0 aliphatic carbocycles. The van der Waals surface area contributed by atoms with Crippen LogP contribution in [0.5, 0.6) is 11.5 Å². The fourth-order valence-electron chi connectivity index (χ4n) is 9.11. The lowest BCUT2D eigenvalue weighted by molar-refractivity contribution is -0.136. The zero-order valence-electron chi connectivity index (χ0n) is 35.2. The van der Waals surface area contributed by atoms with Crippen LogP contribution in [-0.2, 0) is 14.4 Å². The van der Waals surface area contributed by atoms with E-state index in [1.807, 2.05) is 41.3 Å². The number of carbonyl (C=O) groups excluding carboxylic acids is 6. The summed E-state index contributed by atoms with van der Waals surface area (Å²) in [6, 6.07) is 18.5. The lowest BCUT2D eigenvalue weighted by atomic mass is 10.0. The van der Waals surface area contributed by atoms with E-state index < -0.39 is 29.7 Å². The number of piperidine rings is 2. The summed E-state index contributed by atoms with van der Waals surface area (Å²) in [5, 5.41) is 6.58. The summed E-state index contributed by atoms with van der Waals surface area (Å²) in [7, 11) is 0. The summed E-state index contributed by atoms with van der Waals surface area (Å²) in [4.78, 5) is 97.3. The van der Waals surface area contributed by atoms with E-state index in [0.29, 0.717) is 59.0 Å². The standard InChI is InChI=1S/C47H48ClN9O7/c48-37-25-32(64-31-9-3-1-4-10-31)13-15-34(37)42(60)36-26-49-43-41(36)44(51-28-50-43)52-29-8-7-19-56(27-29)40(59)11-5-2-6-18-54-20-22-55(23-21-54)30-12-14-33-35(24-30)47(63)57(46(33)62)38-16-17-39(58)53-45(38)61/h1,3-4,9-10,12-15,24-26,28-29,38H,2,5-8,11,16-23,27H2,(H,53,58,61)(H2,49,50,51,52)/t29-,38?/m1/s1. The Morgan fingerprint density at radius 2 is 1.64 bits per heavy atom. The molecule has 1 unspecified atom stereocenters. The topological polar surface area (TPSA) is 190 Å². The third-order valence-corrected chi connectivity index (χ3v) is 12.8. The number of hydrogen-bond donors (Lipinski definition) is 3. The Morgan fingerprint density at radius 3 is 2.44 bits per heavy atom. The number of likely N-dealkylation sites (tertiary alicyclic amines) is 1. The molecule has 5 aromatic rings. The number of rotatable bonds is 14. The van der Waals surface area contributed by atoms with Crippen LogP contribution in [0.3, 0.4) is 0 Å². The highest BCUT2D eigenvalue weighted by Crippen LogP contribution is 2.33. The second-order valence-corrected chi connectivity index (χ2v) is 17.1. The number of hydrogen-bond acceptors (Lipinski definition) is 12. The van der Waals surface area contributed by atoms with E-state index in [0.717, 1.165) is 75.4 Å². The number of amides is 5. The molecule has 3 aromatic carbocycles. The first-order valence-electron chi connectivity index (χ1n) is 21.9. The van der Waals surface area contributed by atoms with Crippen molar-refractivity contribution >= 4 is 69.5 Å². The van der Waals surface area contributed by atoms with Crippen molar-refractivity contribution < 1.29 is 33.5 Å². The first kappa shape index (κ1) is 42.6. The van der Waals surface area contributed by atoms with Gasteiger partial charge in [-0.1, -0.05) is 36.2 Å². The van der Waals surface area contributed by atoms with Gasteiger partial charge < -0.3 is 24.8 Å². The number of carbonyl (C=O) groups is 6. The molecule has 3 N–H and O–H groups in total. The molecule has 17 heteroatoms. The van der Waals surface area contributed by atoms with Gasteiger partial charge in [-0.3, -0.25) is 43.9 Å². The summed E-state index contributed by atoms with van der Waals surface area (Å²) < 4.78 is 5.90. The molecule has 0 spiro atoms. The number of unbranched alkanes of at least 4 members (excludes halogenated alkanes) is 2. The predicted octanol–water partition coefficient (Wildman–Crippen LogP) is 5.82. The maximum atomic E-state index is 13.9. The smallest absolute Gasteiger partial charge is 0.262 e. The Morgan fingerprint density at radius 1 is 0.828 bits per heavy atom. The number of benzene rings is 3. The fraction of sp³-hybridized carbons (Fsp3) is 0.362. The maximum absolute atomic E-state index is 13.9. The highest BCUT2D eigenvalue weighted by atomic mass is 35.5. The largest absolute Gasteiger partial charge is 0.457 e. The monoisotopic (exact) mass is 885 g/mol. The molecular formula is C47H48ClN9O7. The number of para-hydroxylation sites is 1. The van der Waals surface area contributed by atoms with Gasteiger partial charge in [0.15, 0.2) is 5.78 Å². The average molecular weight is 886 g/mol. The lowest BCUT2D eigenvalue weighted by Gasteiger charge is -2.36. The van der Waals surface area contributed by atoms with Gasteiger partial charge in [-0.2, -0.15) is 0 Å². The van der Waals surface area contributed by atoms with E-state index >= 15 is 0 Å². The van der Waals surface area contributed by atoms with Gasteiger partial charge >= 0.3 is 0 Å². The number of anilines is 2. The van der Waals surface area contributed by atoms with Crippen LogP contribution in [-0.4, -0.2) is 123 Å². The number of fused-ring (bicyclic) bond motifs is 2. The molecule has 16 nitrogen and oxygen atoms in total. The minimum absolute atomic E-state index is 0.0577. The van der Waals surface area contributed by atoms with E-state index in [-0.39, 0.29) is 46.7 Å². The maximum Gasteiger partial charge on any atom is 0.262 e. The third kappa shape index (κ3) is 8.92. The average Bonchev–Trinajstić information content (AvgIpc) is 3.85. The molecule has 64 heavy (non-hydrogen) atoms. The van der Waals surface area contributed by atoms with Crippen LogP contribution >= 0.6 is 11.6 Å². The first-order valence-corrected chi connectivity index (χ1v) is 22.3. The van der Waals surface area contributed by atoms with Crippen molar-refractivity contribution in [3.8, 4) is 11.5 Å². The normalized spacial score (nSPS) is 19.2. The zero-order chi connectivity index (χ0) is 44.3. The van der Waals surface area contributed by atoms with Crippen LogP contribution in [0, 0.1) is 0 Å². The number of ketones is 1. The SMILES string of the molecule is O=C1CCC(N2C(=O)c3ccc(N4CCN(CCCCCC(=O)N5CCC[C@@H](Nc6ncnc7[nH]cc(C(=O)c8ccc(Oc9ccccc9)cc8Cl)c67)C5)CC4)cc3C2=O)C(=O)N1. The molecule has 3 fully saturated rings. The van der Waals surface area contributed by atoms with Crippen molar-refractivity contribution in [2.75, 3.05) is 56.0 Å². The number of H-pyrrole nitrogens is 1. The quantitative estimate of drug-likeness (QED) is 0.0690. The van der Waals surface area contributed by atoms with E-state index in [9.17, 15) is 28.8 Å². The van der Waals surface area contributed by atoms with Gasteiger partial charge in [0.2, 0.25) is 17.7 Å². The number of nitrogens with one attached hydrogen (secondary N) is 3. The van der Waals surface area contributed by atoms with Crippen molar-refractivity contribution in [2.45, 2.75) is 63.5 Å². The van der Waals surface area contributed by atoms with Crippen molar-refractivity contribution in [3.63, 3.8) is 0 Å². The van der Waals surface area contributed by atoms with Crippen molar-refractivity contribution in [2.24, 2.45) is 0 Å². The molecule has 330 valence electrons. The van der Waals surface area contributed by atoms with Crippen LogP contribution in [0.4, 0.5) is 11.5 Å². The Bertz CT molecular complexity index is 2630. The Kier molecular flexibility index (Phi) is 12.4. The van der Waals surface area contributed by atoms with Gasteiger partial charge in [-0.15, -0.1) is 0 Å². The minimum Gasteiger partial charge on any atom is -0.457 e. The van der Waals surface area contributed by atoms with E-state index in [2.05, 4.69) is 35.4 Å². The van der Waals surface area contributed by atoms with Crippen LogP contribution in [0.2, 0.25) is 5.02 Å². The van der Waals surface area contributed by atoms with Crippen molar-refractivity contribution in [1.29, 1.82) is 0 Å². The van der Waals surface area contributed by atoms with Gasteiger partial charge in [0, 0.05) is 81.7 Å². The van der Waals surface area contributed by atoms with E-state index in [1.54, 1.807) is 36.5 Å². The Balaban J connectivity index is 0.723. The van der Waals surface area contributed by atoms with E-state index in [4.69, 9.17) is 16.3 Å². The summed E-state index contributed by atoms with van der Waals surface area (Å²) in [5.41, 5.74) is 2.64. The number of piperazine rings is 1. The fourth-order valence-corrected chi connectivity index (χ4v) is 9.37. The summed E-state index contributed by atoms with van der Waals surface area (Å²) in [5.74, 6) is -0.487. The second-order valence-electron chi connectivity index (χ2n) is 16.7. The molecule has 0 saturated carbocycles. The zero-order valence-corrected chi connectivity index (χ0v) is 35.9. The summed E-state index contributed by atoms with van der Waals surface area (Å²) in [6.45, 7) is 5.36. The first-order chi connectivity index (χ1) is 31.1. The molecule has 5 amide bonds. The van der Waals surface area contributed by atoms with Crippen LogP contribution < -0.4 is 20.3 Å². The van der Waals surface area contributed by atoms with Gasteiger partial charge in [0.05, 0.1) is 27.1 Å². The number of aromatic amines is 1. The van der Waals surface area contributed by atoms with Gasteiger partial charge in [-0.25, -0.2) is 9.97 Å². The number of imide groups is 2. The van der Waals surface area contributed by atoms with E-state index in [1.165, 1.54) is 6.33 Å². The molecule has 0 radical (unpaired) electrons. The molecule has 9 rings (SSSR count). The van der Waals surface area contributed by atoms with Gasteiger partial charge in [-0.05, 0) is 81.1 Å². The molecule has 4 aliphatic heterocycles. The lowest BCUT2D eigenvalue weighted by Crippen LogP contribution is -2.54. The van der Waals surface area contributed by atoms with Crippen molar-refractivity contribution in [3.05, 3.63) is 107 Å². The van der Waals surface area contributed by atoms with Crippen LogP contribution in [0.1, 0.15) is 88.0 Å². The minimum atomic E-state index is -0.989. The molecule has 0 bridgehead atoms. The summed E-state index contributed by atoms with van der Waals surface area (Å²) >= 11 is 6.63. The summed E-state index contributed by atoms with van der Waals surface area (Å²) in [6.07, 6.45) is 8.15. The molecule has 2 atom stereocenters. The predicted molar refractivity (Wildman–Crippen MR) is 239 cm³/mol. The molecular weight excluding hydrogens is 838 g/mol. The Labute approximate surface area is 374 Å². The number of ether oxygens (including phenoxy) is 1. The van der Waals surface area contributed by atoms with Gasteiger partial charge in [0.1, 0.15) is 35.3 Å². The number of halogens is 1. The second kappa shape index (κ2) is 18.6. The highest BCUT2D eigenvalue weighted by molar-refractivity contribution is 6.36. The molecule has 4 aliphatic rings. The van der Waals surface area contributed by atoms with Crippen LogP contribution in [0.25, 0.3) is 11.0 Å². The van der Waals surface area contributed by atoms with Crippen molar-refractivity contribution in [1.82, 2.24) is 35.0 Å².